The van der Waals surface area contributed by atoms with Crippen LogP contribution in [0.3, 0.4) is 0 Å². The molecule has 19 heavy (non-hydrogen) atoms. The number of hydrogen-bond acceptors (Lipinski definition) is 2. The van der Waals surface area contributed by atoms with Crippen molar-refractivity contribution < 1.29 is 9.13 Å². The SMILES string of the molecule is CN(C(N)=NCCCOc1ccc(F)cc1)C1CC1. The van der Waals surface area contributed by atoms with E-state index in [9.17, 15) is 4.39 Å². The maximum Gasteiger partial charge on any atom is 0.191 e. The molecule has 2 rings (SSSR count). The molecule has 0 amide bonds. The highest BCUT2D eigenvalue weighted by atomic mass is 19.1. The standard InChI is InChI=1S/C14H20FN3O/c1-18(12-5-6-12)14(16)17-9-2-10-19-13-7-3-11(15)4-8-13/h3-4,7-8,12H,2,5-6,9-10H2,1H3,(H2,16,17). The van der Waals surface area contributed by atoms with Gasteiger partial charge in [0, 0.05) is 26.1 Å². The van der Waals surface area contributed by atoms with Crippen molar-refractivity contribution in [3.8, 4) is 5.75 Å². The topological polar surface area (TPSA) is 50.8 Å². The molecule has 0 bridgehead atoms. The number of benzene rings is 1. The second-order valence-electron chi connectivity index (χ2n) is 4.74. The fourth-order valence-corrected chi connectivity index (χ4v) is 1.74. The van der Waals surface area contributed by atoms with E-state index in [2.05, 4.69) is 4.99 Å². The molecule has 104 valence electrons. The summed E-state index contributed by atoms with van der Waals surface area (Å²) in [6, 6.07) is 6.59. The molecule has 0 spiro atoms. The van der Waals surface area contributed by atoms with Gasteiger partial charge < -0.3 is 15.4 Å². The Bertz CT molecular complexity index is 429. The van der Waals surface area contributed by atoms with Crippen LogP contribution in [0, 0.1) is 5.82 Å². The number of ether oxygens (including phenoxy) is 1. The van der Waals surface area contributed by atoms with E-state index in [0.29, 0.717) is 30.9 Å². The normalized spacial score (nSPS) is 15.4. The molecule has 1 aliphatic rings. The number of rotatable bonds is 6. The first-order valence-electron chi connectivity index (χ1n) is 6.58. The first-order chi connectivity index (χ1) is 9.16. The minimum Gasteiger partial charge on any atom is -0.494 e. The lowest BCUT2D eigenvalue weighted by Gasteiger charge is -2.16. The number of nitrogens with zero attached hydrogens (tertiary/aromatic N) is 2. The van der Waals surface area contributed by atoms with E-state index >= 15 is 0 Å². The molecule has 1 aliphatic carbocycles. The van der Waals surface area contributed by atoms with Crippen molar-refractivity contribution in [1.29, 1.82) is 0 Å². The molecule has 1 fully saturated rings. The predicted octanol–water partition coefficient (Wildman–Crippen LogP) is 2.00. The number of halogens is 1. The highest BCUT2D eigenvalue weighted by molar-refractivity contribution is 5.78. The molecule has 5 heteroatoms. The van der Waals surface area contributed by atoms with E-state index < -0.39 is 0 Å². The molecule has 0 aliphatic heterocycles. The molecule has 0 saturated heterocycles. The average molecular weight is 265 g/mol. The average Bonchev–Trinajstić information content (AvgIpc) is 3.24. The lowest BCUT2D eigenvalue weighted by atomic mass is 10.3. The monoisotopic (exact) mass is 265 g/mol. The minimum atomic E-state index is -0.257. The molecule has 0 unspecified atom stereocenters. The van der Waals surface area contributed by atoms with Gasteiger partial charge in [-0.1, -0.05) is 0 Å². The van der Waals surface area contributed by atoms with E-state index in [1.807, 2.05) is 11.9 Å². The molecule has 1 aromatic carbocycles. The molecule has 1 saturated carbocycles. The zero-order valence-electron chi connectivity index (χ0n) is 11.2. The number of nitrogens with two attached hydrogens (primary N) is 1. The zero-order chi connectivity index (χ0) is 13.7. The van der Waals surface area contributed by atoms with Gasteiger partial charge >= 0.3 is 0 Å². The summed E-state index contributed by atoms with van der Waals surface area (Å²) >= 11 is 0. The van der Waals surface area contributed by atoms with E-state index in [1.54, 1.807) is 12.1 Å². The van der Waals surface area contributed by atoms with Gasteiger partial charge in [0.1, 0.15) is 11.6 Å². The van der Waals surface area contributed by atoms with Gasteiger partial charge in [-0.2, -0.15) is 0 Å². The lowest BCUT2D eigenvalue weighted by Crippen LogP contribution is -2.35. The molecular weight excluding hydrogens is 245 g/mol. The van der Waals surface area contributed by atoms with Crippen LogP contribution in [-0.2, 0) is 0 Å². The summed E-state index contributed by atoms with van der Waals surface area (Å²) in [5.41, 5.74) is 5.86. The first kappa shape index (κ1) is 13.6. The lowest BCUT2D eigenvalue weighted by molar-refractivity contribution is 0.313. The first-order valence-corrected chi connectivity index (χ1v) is 6.58. The molecule has 2 N–H and O–H groups in total. The highest BCUT2D eigenvalue weighted by Gasteiger charge is 2.27. The van der Waals surface area contributed by atoms with E-state index in [4.69, 9.17) is 10.5 Å². The van der Waals surface area contributed by atoms with Crippen molar-refractivity contribution in [1.82, 2.24) is 4.90 Å². The van der Waals surface area contributed by atoms with Crippen LogP contribution in [0.4, 0.5) is 4.39 Å². The van der Waals surface area contributed by atoms with Gasteiger partial charge in [-0.3, -0.25) is 4.99 Å². The fourth-order valence-electron chi connectivity index (χ4n) is 1.74. The Labute approximate surface area is 113 Å². The van der Waals surface area contributed by atoms with Gasteiger partial charge in [-0.05, 0) is 37.1 Å². The van der Waals surface area contributed by atoms with Crippen molar-refractivity contribution in [2.24, 2.45) is 10.7 Å². The molecule has 1 aromatic rings. The summed E-state index contributed by atoms with van der Waals surface area (Å²) in [6.45, 7) is 1.19. The third kappa shape index (κ3) is 4.43. The van der Waals surface area contributed by atoms with E-state index in [0.717, 1.165) is 6.42 Å². The molecule has 0 radical (unpaired) electrons. The van der Waals surface area contributed by atoms with Crippen LogP contribution in [0.25, 0.3) is 0 Å². The van der Waals surface area contributed by atoms with E-state index in [-0.39, 0.29) is 5.82 Å². The zero-order valence-corrected chi connectivity index (χ0v) is 11.2. The maximum atomic E-state index is 12.7. The van der Waals surface area contributed by atoms with Crippen molar-refractivity contribution >= 4 is 5.96 Å². The van der Waals surface area contributed by atoms with Gasteiger partial charge in [-0.25, -0.2) is 4.39 Å². The second-order valence-corrected chi connectivity index (χ2v) is 4.74. The summed E-state index contributed by atoms with van der Waals surface area (Å²) in [7, 11) is 1.98. The quantitative estimate of drug-likeness (QED) is 0.486. The van der Waals surface area contributed by atoms with Crippen molar-refractivity contribution in [3.05, 3.63) is 30.1 Å². The Hall–Kier alpha value is -1.78. The molecule has 0 atom stereocenters. The number of hydrogen-bond donors (Lipinski definition) is 1. The van der Waals surface area contributed by atoms with Gasteiger partial charge in [0.2, 0.25) is 0 Å². The Morgan fingerprint density at radius 2 is 2.11 bits per heavy atom. The molecular formula is C14H20FN3O. The van der Waals surface area contributed by atoms with Crippen molar-refractivity contribution in [2.75, 3.05) is 20.2 Å². The second kappa shape index (κ2) is 6.41. The summed E-state index contributed by atoms with van der Waals surface area (Å²) in [6.07, 6.45) is 3.21. The van der Waals surface area contributed by atoms with Gasteiger partial charge in [0.05, 0.1) is 6.61 Å². The third-order valence-corrected chi connectivity index (χ3v) is 3.11. The van der Waals surface area contributed by atoms with Crippen LogP contribution in [0.2, 0.25) is 0 Å². The molecule has 4 nitrogen and oxygen atoms in total. The molecule has 0 heterocycles. The minimum absolute atomic E-state index is 0.257. The van der Waals surface area contributed by atoms with Crippen LogP contribution in [0.5, 0.6) is 5.75 Å². The highest BCUT2D eigenvalue weighted by Crippen LogP contribution is 2.24. The Morgan fingerprint density at radius 3 is 2.74 bits per heavy atom. The largest absolute Gasteiger partial charge is 0.494 e. The Balaban J connectivity index is 1.63. The fraction of sp³-hybridized carbons (Fsp3) is 0.500. The summed E-state index contributed by atoms with van der Waals surface area (Å²) < 4.78 is 18.1. The maximum absolute atomic E-state index is 12.7. The van der Waals surface area contributed by atoms with Gasteiger partial charge in [-0.15, -0.1) is 0 Å². The van der Waals surface area contributed by atoms with Crippen LogP contribution in [0.1, 0.15) is 19.3 Å². The van der Waals surface area contributed by atoms with Crippen LogP contribution in [-0.4, -0.2) is 37.1 Å². The van der Waals surface area contributed by atoms with Crippen molar-refractivity contribution in [3.63, 3.8) is 0 Å². The summed E-state index contributed by atoms with van der Waals surface area (Å²) in [5, 5.41) is 0. The predicted molar refractivity (Wildman–Crippen MR) is 73.8 cm³/mol. The van der Waals surface area contributed by atoms with Crippen LogP contribution >= 0.6 is 0 Å². The summed E-state index contributed by atoms with van der Waals surface area (Å²) in [4.78, 5) is 6.34. The van der Waals surface area contributed by atoms with Gasteiger partial charge in [0.15, 0.2) is 5.96 Å². The Kier molecular flexibility index (Phi) is 4.60. The van der Waals surface area contributed by atoms with Crippen LogP contribution < -0.4 is 10.5 Å². The smallest absolute Gasteiger partial charge is 0.191 e. The van der Waals surface area contributed by atoms with Crippen molar-refractivity contribution in [2.45, 2.75) is 25.3 Å². The summed E-state index contributed by atoms with van der Waals surface area (Å²) in [5.74, 6) is 1.02. The van der Waals surface area contributed by atoms with Gasteiger partial charge in [0.25, 0.3) is 0 Å². The third-order valence-electron chi connectivity index (χ3n) is 3.11. The number of aliphatic imine (C=N–C) groups is 1. The number of guanidine groups is 1. The van der Waals surface area contributed by atoms with Crippen LogP contribution in [0.15, 0.2) is 29.3 Å². The Morgan fingerprint density at radius 1 is 1.42 bits per heavy atom. The molecule has 0 aromatic heterocycles. The van der Waals surface area contributed by atoms with E-state index in [1.165, 1.54) is 25.0 Å².